The third kappa shape index (κ3) is 5.12. The summed E-state index contributed by atoms with van der Waals surface area (Å²) in [7, 11) is 1.62. The fourth-order valence-electron chi connectivity index (χ4n) is 1.52. The number of methoxy groups -OCH3 is 1. The van der Waals surface area contributed by atoms with E-state index in [0.29, 0.717) is 6.61 Å². The van der Waals surface area contributed by atoms with Crippen molar-refractivity contribution >= 4 is 17.2 Å². The molecule has 1 heterocycles. The van der Waals surface area contributed by atoms with Crippen LogP contribution in [0.15, 0.2) is 5.38 Å². The van der Waals surface area contributed by atoms with Crippen molar-refractivity contribution in [2.75, 3.05) is 20.3 Å². The Kier molecular flexibility index (Phi) is 6.24. The summed E-state index contributed by atoms with van der Waals surface area (Å²) >= 11 is 1.61. The summed E-state index contributed by atoms with van der Waals surface area (Å²) in [4.78, 5) is 16.0. The van der Waals surface area contributed by atoms with Crippen molar-refractivity contribution in [2.24, 2.45) is 0 Å². The van der Waals surface area contributed by atoms with Gasteiger partial charge in [-0.15, -0.1) is 11.3 Å². The molecule has 0 saturated carbocycles. The second-order valence-corrected chi connectivity index (χ2v) is 5.24. The highest BCUT2D eigenvalue weighted by Gasteiger charge is 2.12. The van der Waals surface area contributed by atoms with E-state index < -0.39 is 0 Å². The fraction of sp³-hybridized carbons (Fsp3) is 0.667. The van der Waals surface area contributed by atoms with Crippen LogP contribution in [0.25, 0.3) is 0 Å². The maximum absolute atomic E-state index is 11.6. The van der Waals surface area contributed by atoms with Crippen LogP contribution in [0, 0.1) is 6.92 Å². The van der Waals surface area contributed by atoms with Crippen molar-refractivity contribution < 1.29 is 9.53 Å². The van der Waals surface area contributed by atoms with Gasteiger partial charge in [0.2, 0.25) is 5.91 Å². The standard InChI is InChI=1S/C12H21N3O2S/c1-8(6-17-4)14-11(16)5-13-10(3)12-15-9(2)7-18-12/h7-8,10,13H,5-6H2,1-4H3,(H,14,16). The molecule has 1 aromatic heterocycles. The number of nitrogens with one attached hydrogen (secondary N) is 2. The van der Waals surface area contributed by atoms with E-state index in [1.807, 2.05) is 26.2 Å². The lowest BCUT2D eigenvalue weighted by atomic mass is 10.3. The average molecular weight is 271 g/mol. The quantitative estimate of drug-likeness (QED) is 0.783. The number of rotatable bonds is 7. The Morgan fingerprint density at radius 3 is 2.83 bits per heavy atom. The van der Waals surface area contributed by atoms with Gasteiger partial charge in [-0.2, -0.15) is 0 Å². The smallest absolute Gasteiger partial charge is 0.234 e. The van der Waals surface area contributed by atoms with Crippen molar-refractivity contribution in [3.63, 3.8) is 0 Å². The normalized spacial score (nSPS) is 14.2. The molecule has 2 N–H and O–H groups in total. The van der Waals surface area contributed by atoms with E-state index in [4.69, 9.17) is 4.74 Å². The number of aromatic nitrogens is 1. The third-order valence-electron chi connectivity index (χ3n) is 2.40. The molecule has 18 heavy (non-hydrogen) atoms. The van der Waals surface area contributed by atoms with Gasteiger partial charge in [0.15, 0.2) is 0 Å². The summed E-state index contributed by atoms with van der Waals surface area (Å²) in [6.45, 7) is 6.69. The molecule has 1 aromatic rings. The fourth-order valence-corrected chi connectivity index (χ4v) is 2.35. The number of amides is 1. The lowest BCUT2D eigenvalue weighted by Gasteiger charge is -2.15. The zero-order valence-electron chi connectivity index (χ0n) is 11.3. The largest absolute Gasteiger partial charge is 0.383 e. The van der Waals surface area contributed by atoms with Crippen molar-refractivity contribution in [1.29, 1.82) is 0 Å². The molecule has 2 atom stereocenters. The molecule has 0 saturated heterocycles. The van der Waals surface area contributed by atoms with Crippen LogP contribution in [-0.2, 0) is 9.53 Å². The van der Waals surface area contributed by atoms with Crippen molar-refractivity contribution in [3.8, 4) is 0 Å². The first-order chi connectivity index (χ1) is 8.52. The highest BCUT2D eigenvalue weighted by atomic mass is 32.1. The molecular weight excluding hydrogens is 250 g/mol. The molecule has 6 heteroatoms. The molecule has 2 unspecified atom stereocenters. The van der Waals surface area contributed by atoms with Crippen molar-refractivity contribution in [2.45, 2.75) is 32.9 Å². The van der Waals surface area contributed by atoms with E-state index in [2.05, 4.69) is 15.6 Å². The minimum atomic E-state index is -0.0281. The number of hydrogen-bond acceptors (Lipinski definition) is 5. The van der Waals surface area contributed by atoms with Crippen molar-refractivity contribution in [1.82, 2.24) is 15.6 Å². The first-order valence-electron chi connectivity index (χ1n) is 5.96. The second-order valence-electron chi connectivity index (χ2n) is 4.35. The Morgan fingerprint density at radius 1 is 1.56 bits per heavy atom. The number of ether oxygens (including phenoxy) is 1. The predicted molar refractivity (Wildman–Crippen MR) is 72.7 cm³/mol. The number of carbonyl (C=O) groups is 1. The number of carbonyl (C=O) groups excluding carboxylic acids is 1. The average Bonchev–Trinajstić information content (AvgIpc) is 2.73. The van der Waals surface area contributed by atoms with Crippen LogP contribution in [-0.4, -0.2) is 37.2 Å². The topological polar surface area (TPSA) is 63.2 Å². The van der Waals surface area contributed by atoms with Crippen molar-refractivity contribution in [3.05, 3.63) is 16.1 Å². The summed E-state index contributed by atoms with van der Waals surface area (Å²) in [5, 5.41) is 9.02. The molecule has 0 aromatic carbocycles. The predicted octanol–water partition coefficient (Wildman–Crippen LogP) is 1.25. The molecule has 0 fully saturated rings. The van der Waals surface area contributed by atoms with Gasteiger partial charge >= 0.3 is 0 Å². The van der Waals surface area contributed by atoms with Crippen LogP contribution in [0.1, 0.15) is 30.6 Å². The Labute approximate surface area is 112 Å². The zero-order valence-corrected chi connectivity index (χ0v) is 12.1. The van der Waals surface area contributed by atoms with Crippen LogP contribution < -0.4 is 10.6 Å². The Balaban J connectivity index is 2.30. The van der Waals surface area contributed by atoms with E-state index >= 15 is 0 Å². The van der Waals surface area contributed by atoms with E-state index in [1.54, 1.807) is 18.4 Å². The van der Waals surface area contributed by atoms with Crippen LogP contribution in [0.3, 0.4) is 0 Å². The molecule has 5 nitrogen and oxygen atoms in total. The van der Waals surface area contributed by atoms with Gasteiger partial charge in [0.25, 0.3) is 0 Å². The van der Waals surface area contributed by atoms with E-state index in [0.717, 1.165) is 10.7 Å². The van der Waals surface area contributed by atoms with E-state index in [9.17, 15) is 4.79 Å². The molecule has 0 bridgehead atoms. The van der Waals surface area contributed by atoms with Crippen LogP contribution in [0.4, 0.5) is 0 Å². The van der Waals surface area contributed by atoms with Crippen LogP contribution in [0.5, 0.6) is 0 Å². The van der Waals surface area contributed by atoms with Crippen LogP contribution >= 0.6 is 11.3 Å². The Bertz CT molecular complexity index is 381. The third-order valence-corrected chi connectivity index (χ3v) is 3.55. The van der Waals surface area contributed by atoms with Gasteiger partial charge in [0, 0.05) is 24.2 Å². The SMILES string of the molecule is COCC(C)NC(=O)CNC(C)c1nc(C)cs1. The van der Waals surface area contributed by atoms with Gasteiger partial charge < -0.3 is 10.1 Å². The number of thiazole rings is 1. The summed E-state index contributed by atoms with van der Waals surface area (Å²) < 4.78 is 4.96. The molecule has 0 radical (unpaired) electrons. The molecule has 1 rings (SSSR count). The van der Waals surface area contributed by atoms with Crippen LogP contribution in [0.2, 0.25) is 0 Å². The molecule has 0 spiro atoms. The molecule has 1 amide bonds. The van der Waals surface area contributed by atoms with Gasteiger partial charge in [0.05, 0.1) is 19.2 Å². The minimum Gasteiger partial charge on any atom is -0.383 e. The molecule has 0 aliphatic carbocycles. The Morgan fingerprint density at radius 2 is 2.28 bits per heavy atom. The summed E-state index contributed by atoms with van der Waals surface area (Å²) in [5.41, 5.74) is 1.02. The van der Waals surface area contributed by atoms with Gasteiger partial charge in [-0.25, -0.2) is 4.98 Å². The highest BCUT2D eigenvalue weighted by molar-refractivity contribution is 7.09. The first-order valence-corrected chi connectivity index (χ1v) is 6.84. The maximum atomic E-state index is 11.6. The Hall–Kier alpha value is -0.980. The molecule has 0 aliphatic rings. The maximum Gasteiger partial charge on any atom is 0.234 e. The zero-order chi connectivity index (χ0) is 13.5. The summed E-state index contributed by atoms with van der Waals surface area (Å²) in [5.74, 6) is -0.0281. The summed E-state index contributed by atoms with van der Waals surface area (Å²) in [6.07, 6.45) is 0. The molecule has 102 valence electrons. The number of hydrogen-bond donors (Lipinski definition) is 2. The van der Waals surface area contributed by atoms with Gasteiger partial charge in [-0.3, -0.25) is 10.1 Å². The lowest BCUT2D eigenvalue weighted by molar-refractivity contribution is -0.121. The number of nitrogens with zero attached hydrogens (tertiary/aromatic N) is 1. The van der Waals surface area contributed by atoms with Gasteiger partial charge in [-0.1, -0.05) is 0 Å². The first kappa shape index (κ1) is 15.1. The van der Waals surface area contributed by atoms with Gasteiger partial charge in [-0.05, 0) is 20.8 Å². The number of aryl methyl sites for hydroxylation is 1. The minimum absolute atomic E-state index is 0.0281. The second kappa shape index (κ2) is 7.45. The molecule has 0 aliphatic heterocycles. The summed E-state index contributed by atoms with van der Waals surface area (Å²) in [6, 6.07) is 0.119. The molecular formula is C12H21N3O2S. The van der Waals surface area contributed by atoms with Gasteiger partial charge in [0.1, 0.15) is 5.01 Å². The highest BCUT2D eigenvalue weighted by Crippen LogP contribution is 2.16. The monoisotopic (exact) mass is 271 g/mol. The van der Waals surface area contributed by atoms with E-state index in [1.165, 1.54) is 0 Å². The van der Waals surface area contributed by atoms with E-state index in [-0.39, 0.29) is 24.5 Å². The lowest BCUT2D eigenvalue weighted by Crippen LogP contribution is -2.41.